The summed E-state index contributed by atoms with van der Waals surface area (Å²) < 4.78 is 2.30. The van der Waals surface area contributed by atoms with E-state index in [2.05, 4.69) is 38.3 Å². The summed E-state index contributed by atoms with van der Waals surface area (Å²) in [5.41, 5.74) is 8.70. The number of rotatable bonds is 5. The summed E-state index contributed by atoms with van der Waals surface area (Å²) in [6.45, 7) is 9.85. The summed E-state index contributed by atoms with van der Waals surface area (Å²) in [6.07, 6.45) is 1.88. The van der Waals surface area contributed by atoms with Crippen LogP contribution in [0.25, 0.3) is 11.0 Å². The Bertz CT molecular complexity index is 610. The number of benzene rings is 1. The second kappa shape index (κ2) is 6.06. The molecule has 0 aliphatic carbocycles. The van der Waals surface area contributed by atoms with E-state index in [1.54, 1.807) is 0 Å². The molecule has 0 amide bonds. The first-order valence-electron chi connectivity index (χ1n) is 7.74. The second-order valence-corrected chi connectivity index (χ2v) is 6.83. The zero-order valence-electron chi connectivity index (χ0n) is 13.6. The van der Waals surface area contributed by atoms with Crippen molar-refractivity contribution in [2.45, 2.75) is 52.5 Å². The maximum Gasteiger partial charge on any atom is 0.115 e. The van der Waals surface area contributed by atoms with Crippen LogP contribution >= 0.6 is 0 Å². The molecule has 2 aromatic rings. The Morgan fingerprint density at radius 1 is 1.33 bits per heavy atom. The lowest BCUT2D eigenvalue weighted by Crippen LogP contribution is -2.22. The van der Waals surface area contributed by atoms with Gasteiger partial charge in [0.05, 0.1) is 11.0 Å². The second-order valence-electron chi connectivity index (χ2n) is 6.83. The van der Waals surface area contributed by atoms with Crippen LogP contribution in [0.1, 0.15) is 46.4 Å². The minimum atomic E-state index is -0.0225. The van der Waals surface area contributed by atoms with Gasteiger partial charge in [-0.3, -0.25) is 0 Å². The van der Waals surface area contributed by atoms with Crippen LogP contribution in [0.15, 0.2) is 18.2 Å². The van der Waals surface area contributed by atoms with Gasteiger partial charge in [0, 0.05) is 24.3 Å². The molecule has 1 heterocycles. The number of fused-ring (bicyclic) bond motifs is 1. The number of nitrogen functional groups attached to an aromatic ring is 1. The van der Waals surface area contributed by atoms with Crippen LogP contribution in [0.2, 0.25) is 0 Å². The molecular formula is C17H27N3O. The van der Waals surface area contributed by atoms with E-state index in [-0.39, 0.29) is 12.0 Å². The molecule has 21 heavy (non-hydrogen) atoms. The summed E-state index contributed by atoms with van der Waals surface area (Å²) in [5, 5.41) is 9.23. The quantitative estimate of drug-likeness (QED) is 0.830. The predicted octanol–water partition coefficient (Wildman–Crippen LogP) is 3.32. The van der Waals surface area contributed by atoms with E-state index in [1.807, 2.05) is 12.1 Å². The van der Waals surface area contributed by atoms with Crippen molar-refractivity contribution in [2.24, 2.45) is 5.92 Å². The summed E-state index contributed by atoms with van der Waals surface area (Å²) in [5.74, 6) is 1.55. The van der Waals surface area contributed by atoms with E-state index in [9.17, 15) is 5.11 Å². The van der Waals surface area contributed by atoms with Crippen LogP contribution in [-0.2, 0) is 12.0 Å². The molecule has 1 unspecified atom stereocenters. The highest BCUT2D eigenvalue weighted by Gasteiger charge is 2.24. The van der Waals surface area contributed by atoms with Crippen molar-refractivity contribution in [3.8, 4) is 0 Å². The number of hydrogen-bond donors (Lipinski definition) is 2. The van der Waals surface area contributed by atoms with Gasteiger partial charge in [-0.05, 0) is 30.5 Å². The molecule has 0 saturated carbocycles. The predicted molar refractivity (Wildman–Crippen MR) is 88.3 cm³/mol. The van der Waals surface area contributed by atoms with Gasteiger partial charge in [0.15, 0.2) is 0 Å². The van der Waals surface area contributed by atoms with Crippen molar-refractivity contribution >= 4 is 16.7 Å². The van der Waals surface area contributed by atoms with Gasteiger partial charge in [-0.25, -0.2) is 4.98 Å². The van der Waals surface area contributed by atoms with Crippen molar-refractivity contribution in [3.05, 3.63) is 24.0 Å². The van der Waals surface area contributed by atoms with E-state index in [0.29, 0.717) is 5.92 Å². The Morgan fingerprint density at radius 3 is 2.62 bits per heavy atom. The van der Waals surface area contributed by atoms with Gasteiger partial charge in [-0.1, -0.05) is 34.1 Å². The fourth-order valence-electron chi connectivity index (χ4n) is 2.77. The number of aromatic nitrogens is 2. The van der Waals surface area contributed by atoms with E-state index in [4.69, 9.17) is 10.7 Å². The van der Waals surface area contributed by atoms with E-state index in [0.717, 1.165) is 41.9 Å². The Labute approximate surface area is 127 Å². The van der Waals surface area contributed by atoms with Crippen molar-refractivity contribution in [1.82, 2.24) is 9.55 Å². The molecule has 0 spiro atoms. The third-order valence-corrected chi connectivity index (χ3v) is 4.00. The van der Waals surface area contributed by atoms with E-state index in [1.165, 1.54) is 0 Å². The smallest absolute Gasteiger partial charge is 0.115 e. The number of aliphatic hydroxyl groups excluding tert-OH is 1. The molecule has 116 valence electrons. The number of aliphatic hydroxyl groups is 1. The number of hydrogen-bond acceptors (Lipinski definition) is 3. The van der Waals surface area contributed by atoms with Crippen LogP contribution < -0.4 is 5.73 Å². The van der Waals surface area contributed by atoms with Gasteiger partial charge < -0.3 is 15.4 Å². The fraction of sp³-hybridized carbons (Fsp3) is 0.588. The number of anilines is 1. The minimum Gasteiger partial charge on any atom is -0.399 e. The molecule has 1 aromatic heterocycles. The number of imidazole rings is 1. The maximum absolute atomic E-state index is 9.23. The number of nitrogens with zero attached hydrogens (tertiary/aromatic N) is 2. The molecule has 4 heteroatoms. The van der Waals surface area contributed by atoms with Crippen molar-refractivity contribution in [2.75, 3.05) is 12.3 Å². The first-order valence-corrected chi connectivity index (χ1v) is 7.74. The molecule has 4 nitrogen and oxygen atoms in total. The van der Waals surface area contributed by atoms with Gasteiger partial charge in [0.2, 0.25) is 0 Å². The maximum atomic E-state index is 9.23. The van der Waals surface area contributed by atoms with Gasteiger partial charge in [0.1, 0.15) is 5.82 Å². The number of nitrogens with two attached hydrogens (primary N) is 1. The lowest BCUT2D eigenvalue weighted by molar-refractivity contribution is 0.242. The summed E-state index contributed by atoms with van der Waals surface area (Å²) >= 11 is 0. The topological polar surface area (TPSA) is 64.1 Å². The SMILES string of the molecule is CCC(CCO)Cn1c(C(C)(C)C)nc2cc(N)ccc21. The lowest BCUT2D eigenvalue weighted by atomic mass is 9.95. The first-order chi connectivity index (χ1) is 9.86. The third-order valence-electron chi connectivity index (χ3n) is 4.00. The normalized spacial score (nSPS) is 13.8. The Hall–Kier alpha value is -1.55. The lowest BCUT2D eigenvalue weighted by Gasteiger charge is -2.23. The first kappa shape index (κ1) is 15.8. The fourth-order valence-corrected chi connectivity index (χ4v) is 2.77. The molecular weight excluding hydrogens is 262 g/mol. The molecule has 0 aliphatic heterocycles. The molecule has 2 rings (SSSR count). The van der Waals surface area contributed by atoms with Gasteiger partial charge in [-0.15, -0.1) is 0 Å². The molecule has 0 aliphatic rings. The largest absolute Gasteiger partial charge is 0.399 e. The Morgan fingerprint density at radius 2 is 2.05 bits per heavy atom. The molecule has 1 aromatic carbocycles. The summed E-state index contributed by atoms with van der Waals surface area (Å²) in [6, 6.07) is 5.92. The molecule has 0 saturated heterocycles. The van der Waals surface area contributed by atoms with E-state index < -0.39 is 0 Å². The molecule has 0 fully saturated rings. The average Bonchev–Trinajstić information content (AvgIpc) is 2.76. The molecule has 0 radical (unpaired) electrons. The van der Waals surface area contributed by atoms with Crippen LogP contribution in [0, 0.1) is 5.92 Å². The highest BCUT2D eigenvalue weighted by molar-refractivity contribution is 5.79. The minimum absolute atomic E-state index is 0.0225. The van der Waals surface area contributed by atoms with Gasteiger partial charge in [-0.2, -0.15) is 0 Å². The molecule has 3 N–H and O–H groups in total. The Balaban J connectivity index is 2.52. The van der Waals surface area contributed by atoms with Crippen molar-refractivity contribution in [1.29, 1.82) is 0 Å². The van der Waals surface area contributed by atoms with Gasteiger partial charge >= 0.3 is 0 Å². The van der Waals surface area contributed by atoms with Crippen molar-refractivity contribution < 1.29 is 5.11 Å². The van der Waals surface area contributed by atoms with Crippen LogP contribution in [0.3, 0.4) is 0 Å². The van der Waals surface area contributed by atoms with Gasteiger partial charge in [0.25, 0.3) is 0 Å². The zero-order valence-corrected chi connectivity index (χ0v) is 13.6. The van der Waals surface area contributed by atoms with E-state index >= 15 is 0 Å². The molecule has 0 bridgehead atoms. The highest BCUT2D eigenvalue weighted by atomic mass is 16.3. The summed E-state index contributed by atoms with van der Waals surface area (Å²) in [4.78, 5) is 4.81. The Kier molecular flexibility index (Phi) is 4.57. The van der Waals surface area contributed by atoms with Crippen molar-refractivity contribution in [3.63, 3.8) is 0 Å². The summed E-state index contributed by atoms with van der Waals surface area (Å²) in [7, 11) is 0. The van der Waals surface area contributed by atoms with Crippen LogP contribution in [-0.4, -0.2) is 21.3 Å². The monoisotopic (exact) mass is 289 g/mol. The standard InChI is InChI=1S/C17H27N3O/c1-5-12(8-9-21)11-20-15-7-6-13(18)10-14(15)19-16(20)17(2,3)4/h6-7,10,12,21H,5,8-9,11,18H2,1-4H3. The molecule has 1 atom stereocenters. The van der Waals surface area contributed by atoms with Crippen LogP contribution in [0.5, 0.6) is 0 Å². The zero-order chi connectivity index (χ0) is 15.6. The average molecular weight is 289 g/mol. The van der Waals surface area contributed by atoms with Crippen LogP contribution in [0.4, 0.5) is 5.69 Å². The third kappa shape index (κ3) is 3.38. The highest BCUT2D eigenvalue weighted by Crippen LogP contribution is 2.29.